The molecule has 1 aliphatic heterocycles. The fraction of sp³-hybridized carbons (Fsp3) is 0.933. The van der Waals surface area contributed by atoms with Gasteiger partial charge in [-0.3, -0.25) is 4.79 Å². The molecule has 0 spiro atoms. The molecule has 0 aromatic heterocycles. The van der Waals surface area contributed by atoms with Crippen molar-refractivity contribution in [3.8, 4) is 0 Å². The summed E-state index contributed by atoms with van der Waals surface area (Å²) in [5.74, 6) is 0.265. The van der Waals surface area contributed by atoms with Crippen LogP contribution >= 0.6 is 0 Å². The summed E-state index contributed by atoms with van der Waals surface area (Å²) in [6.45, 7) is 6.41. The lowest BCUT2D eigenvalue weighted by atomic mass is 9.91. The molecule has 1 fully saturated rings. The van der Waals surface area contributed by atoms with Crippen molar-refractivity contribution in [2.75, 3.05) is 39.9 Å². The summed E-state index contributed by atoms with van der Waals surface area (Å²) in [6, 6.07) is 0.418. The number of hydrogen-bond donors (Lipinski definition) is 2. The van der Waals surface area contributed by atoms with Crippen molar-refractivity contribution in [1.29, 1.82) is 0 Å². The van der Waals surface area contributed by atoms with E-state index >= 15 is 0 Å². The highest BCUT2D eigenvalue weighted by molar-refractivity contribution is 5.69. The number of esters is 1. The van der Waals surface area contributed by atoms with Gasteiger partial charge in [0.25, 0.3) is 0 Å². The normalized spacial score (nSPS) is 23.8. The Morgan fingerprint density at radius 2 is 2.20 bits per heavy atom. The summed E-state index contributed by atoms with van der Waals surface area (Å²) in [6.07, 6.45) is 4.71. The summed E-state index contributed by atoms with van der Waals surface area (Å²) >= 11 is 0. The molecule has 5 heteroatoms. The molecule has 2 N–H and O–H groups in total. The number of unbranched alkanes of at least 4 members (excludes halogenated alkanes) is 1. The average molecular weight is 286 g/mol. The van der Waals surface area contributed by atoms with Gasteiger partial charge in [0.15, 0.2) is 0 Å². The van der Waals surface area contributed by atoms with Gasteiger partial charge >= 0.3 is 5.97 Å². The lowest BCUT2D eigenvalue weighted by Gasteiger charge is -2.38. The highest BCUT2D eigenvalue weighted by atomic mass is 16.5. The van der Waals surface area contributed by atoms with E-state index < -0.39 is 0 Å². The lowest BCUT2D eigenvalue weighted by molar-refractivity contribution is -0.142. The maximum Gasteiger partial charge on any atom is 0.305 e. The molecule has 1 aliphatic rings. The molecule has 2 unspecified atom stereocenters. The molecule has 20 heavy (non-hydrogen) atoms. The minimum Gasteiger partial charge on any atom is -0.469 e. The first-order valence-electron chi connectivity index (χ1n) is 7.83. The second-order valence-electron chi connectivity index (χ2n) is 5.72. The summed E-state index contributed by atoms with van der Waals surface area (Å²) in [5.41, 5.74) is 0. The molecule has 1 heterocycles. The third kappa shape index (κ3) is 6.68. The van der Waals surface area contributed by atoms with Crippen LogP contribution in [-0.4, -0.2) is 61.9 Å². The van der Waals surface area contributed by atoms with E-state index in [-0.39, 0.29) is 12.6 Å². The number of carbonyl (C=O) groups excluding carboxylic acids is 1. The van der Waals surface area contributed by atoms with E-state index in [0.29, 0.717) is 18.4 Å². The van der Waals surface area contributed by atoms with Gasteiger partial charge in [0.1, 0.15) is 0 Å². The Labute approximate surface area is 122 Å². The maximum atomic E-state index is 11.5. The third-order valence-corrected chi connectivity index (χ3v) is 3.89. The molecule has 118 valence electrons. The quantitative estimate of drug-likeness (QED) is 0.489. The number of rotatable bonds is 9. The fourth-order valence-corrected chi connectivity index (χ4v) is 2.87. The topological polar surface area (TPSA) is 61.8 Å². The minimum absolute atomic E-state index is 0.110. The van der Waals surface area contributed by atoms with Crippen molar-refractivity contribution in [1.82, 2.24) is 10.2 Å². The van der Waals surface area contributed by atoms with Crippen LogP contribution in [-0.2, 0) is 9.53 Å². The van der Waals surface area contributed by atoms with E-state index in [1.165, 1.54) is 20.0 Å². The first kappa shape index (κ1) is 17.4. The smallest absolute Gasteiger partial charge is 0.305 e. The van der Waals surface area contributed by atoms with Gasteiger partial charge in [-0.15, -0.1) is 0 Å². The number of ether oxygens (including phenoxy) is 1. The number of carbonyl (C=O) groups is 1. The van der Waals surface area contributed by atoms with Gasteiger partial charge in [0, 0.05) is 32.2 Å². The molecule has 2 atom stereocenters. The minimum atomic E-state index is -0.110. The highest BCUT2D eigenvalue weighted by Crippen LogP contribution is 2.21. The number of aliphatic hydroxyl groups is 1. The van der Waals surface area contributed by atoms with Gasteiger partial charge in [0.05, 0.1) is 7.11 Å². The zero-order valence-corrected chi connectivity index (χ0v) is 12.9. The molecule has 1 rings (SSSR count). The van der Waals surface area contributed by atoms with Gasteiger partial charge in [-0.05, 0) is 38.3 Å². The first-order valence-corrected chi connectivity index (χ1v) is 7.83. The van der Waals surface area contributed by atoms with E-state index in [0.717, 1.165) is 39.0 Å². The van der Waals surface area contributed by atoms with Crippen LogP contribution in [0.1, 0.15) is 39.0 Å². The van der Waals surface area contributed by atoms with Crippen molar-refractivity contribution in [2.45, 2.75) is 45.1 Å². The predicted molar refractivity (Wildman–Crippen MR) is 79.6 cm³/mol. The van der Waals surface area contributed by atoms with E-state index in [2.05, 4.69) is 17.1 Å². The van der Waals surface area contributed by atoms with Gasteiger partial charge in [-0.1, -0.05) is 13.3 Å². The highest BCUT2D eigenvalue weighted by Gasteiger charge is 2.28. The van der Waals surface area contributed by atoms with Crippen LogP contribution < -0.4 is 5.32 Å². The molecule has 0 saturated carbocycles. The van der Waals surface area contributed by atoms with E-state index in [1.54, 1.807) is 0 Å². The Morgan fingerprint density at radius 1 is 1.40 bits per heavy atom. The van der Waals surface area contributed by atoms with Crippen LogP contribution in [0.4, 0.5) is 0 Å². The Bertz CT molecular complexity index is 274. The van der Waals surface area contributed by atoms with Crippen LogP contribution in [0.25, 0.3) is 0 Å². The Morgan fingerprint density at radius 3 is 2.85 bits per heavy atom. The number of piperidine rings is 1. The largest absolute Gasteiger partial charge is 0.469 e. The summed E-state index contributed by atoms with van der Waals surface area (Å²) < 4.78 is 4.79. The SMILES string of the molecule is CCCCN1CC(CC(=O)OC)CC(NCCCO)C1. The van der Waals surface area contributed by atoms with Gasteiger partial charge < -0.3 is 20.1 Å². The molecule has 1 saturated heterocycles. The molecule has 0 aromatic carbocycles. The van der Waals surface area contributed by atoms with Crippen molar-refractivity contribution in [2.24, 2.45) is 5.92 Å². The van der Waals surface area contributed by atoms with Gasteiger partial charge in [-0.2, -0.15) is 0 Å². The van der Waals surface area contributed by atoms with Gasteiger partial charge in [-0.25, -0.2) is 0 Å². The first-order chi connectivity index (χ1) is 9.69. The number of nitrogens with one attached hydrogen (secondary N) is 1. The van der Waals surface area contributed by atoms with Crippen LogP contribution in [0, 0.1) is 5.92 Å². The van der Waals surface area contributed by atoms with E-state index in [9.17, 15) is 4.79 Å². The number of methoxy groups -OCH3 is 1. The van der Waals surface area contributed by atoms with Crippen LogP contribution in [0.2, 0.25) is 0 Å². The van der Waals surface area contributed by atoms with E-state index in [1.807, 2.05) is 0 Å². The van der Waals surface area contributed by atoms with Crippen LogP contribution in [0.3, 0.4) is 0 Å². The summed E-state index contributed by atoms with van der Waals surface area (Å²) in [7, 11) is 1.46. The number of likely N-dealkylation sites (tertiary alicyclic amines) is 1. The molecular weight excluding hydrogens is 256 g/mol. The molecule has 0 aliphatic carbocycles. The monoisotopic (exact) mass is 286 g/mol. The molecule has 5 nitrogen and oxygen atoms in total. The fourth-order valence-electron chi connectivity index (χ4n) is 2.87. The number of hydrogen-bond acceptors (Lipinski definition) is 5. The second-order valence-corrected chi connectivity index (χ2v) is 5.72. The molecule has 0 aromatic rings. The Hall–Kier alpha value is -0.650. The molecule has 0 radical (unpaired) electrons. The Kier molecular flexibility index (Phi) is 8.82. The standard InChI is InChI=1S/C15H30N2O3/c1-3-4-7-17-11-13(10-15(19)20-2)9-14(12-17)16-6-5-8-18/h13-14,16,18H,3-12H2,1-2H3. The average Bonchev–Trinajstić information content (AvgIpc) is 2.45. The zero-order chi connectivity index (χ0) is 14.8. The lowest BCUT2D eigenvalue weighted by Crippen LogP contribution is -2.50. The van der Waals surface area contributed by atoms with Crippen LogP contribution in [0.15, 0.2) is 0 Å². The molecule has 0 bridgehead atoms. The van der Waals surface area contributed by atoms with Crippen molar-refractivity contribution < 1.29 is 14.6 Å². The zero-order valence-electron chi connectivity index (χ0n) is 12.9. The maximum absolute atomic E-state index is 11.5. The third-order valence-electron chi connectivity index (χ3n) is 3.89. The Balaban J connectivity index is 2.45. The summed E-state index contributed by atoms with van der Waals surface area (Å²) in [4.78, 5) is 13.9. The second kappa shape index (κ2) is 10.1. The van der Waals surface area contributed by atoms with E-state index in [4.69, 9.17) is 9.84 Å². The molecule has 0 amide bonds. The van der Waals surface area contributed by atoms with Crippen molar-refractivity contribution in [3.63, 3.8) is 0 Å². The predicted octanol–water partition coefficient (Wildman–Crippen LogP) is 1.01. The van der Waals surface area contributed by atoms with Gasteiger partial charge in [0.2, 0.25) is 0 Å². The van der Waals surface area contributed by atoms with Crippen LogP contribution in [0.5, 0.6) is 0 Å². The molecular formula is C15H30N2O3. The number of nitrogens with zero attached hydrogens (tertiary/aromatic N) is 1. The van der Waals surface area contributed by atoms with Crippen molar-refractivity contribution >= 4 is 5.97 Å². The summed E-state index contributed by atoms with van der Waals surface area (Å²) in [5, 5.41) is 12.4. The van der Waals surface area contributed by atoms with Crippen molar-refractivity contribution in [3.05, 3.63) is 0 Å². The number of aliphatic hydroxyl groups excluding tert-OH is 1.